The predicted octanol–water partition coefficient (Wildman–Crippen LogP) is 4.12. The van der Waals surface area contributed by atoms with Gasteiger partial charge in [-0.3, -0.25) is 4.79 Å². The maximum atomic E-state index is 13.1. The normalized spacial score (nSPS) is 11.6. The molecule has 3 rings (SSSR count). The molecule has 0 aliphatic rings. The van der Waals surface area contributed by atoms with Crippen LogP contribution in [0.1, 0.15) is 5.56 Å². The fourth-order valence-electron chi connectivity index (χ4n) is 2.13. The number of benzene rings is 1. The van der Waals surface area contributed by atoms with Crippen molar-refractivity contribution in [3.8, 4) is 10.7 Å². The van der Waals surface area contributed by atoms with Gasteiger partial charge in [0.25, 0.3) is 0 Å². The molecule has 1 aromatic carbocycles. The molecule has 3 aromatic rings. The highest BCUT2D eigenvalue weighted by Gasteiger charge is 2.34. The molecule has 0 saturated heterocycles. The minimum absolute atomic E-state index is 0.0768. The molecule has 27 heavy (non-hydrogen) atoms. The lowest BCUT2D eigenvalue weighted by molar-refractivity contribution is -0.137. The quantitative estimate of drug-likeness (QED) is 0.467. The average Bonchev–Trinajstić information content (AvgIpc) is 3.23. The van der Waals surface area contributed by atoms with E-state index in [-0.39, 0.29) is 21.6 Å². The van der Waals surface area contributed by atoms with E-state index in [2.05, 4.69) is 15.5 Å². The van der Waals surface area contributed by atoms with Crippen LogP contribution in [0.25, 0.3) is 10.7 Å². The van der Waals surface area contributed by atoms with Crippen LogP contribution in [0.3, 0.4) is 0 Å². The number of thioether (sulfide) groups is 1. The third-order valence-corrected chi connectivity index (χ3v) is 5.34. The Hall–Kier alpha value is -2.24. The number of halogens is 4. The zero-order valence-corrected chi connectivity index (χ0v) is 15.7. The molecule has 1 amide bonds. The molecule has 142 valence electrons. The lowest BCUT2D eigenvalue weighted by atomic mass is 10.1. The second-order valence-electron chi connectivity index (χ2n) is 5.18. The molecule has 2 heterocycles. The van der Waals surface area contributed by atoms with Crippen LogP contribution in [0, 0.1) is 0 Å². The first-order chi connectivity index (χ1) is 12.8. The number of rotatable bonds is 5. The van der Waals surface area contributed by atoms with Crippen molar-refractivity contribution in [1.29, 1.82) is 0 Å². The summed E-state index contributed by atoms with van der Waals surface area (Å²) in [7, 11) is 0. The van der Waals surface area contributed by atoms with Crippen LogP contribution in [0.4, 0.5) is 18.9 Å². The number of carbonyl (C=O) groups is 1. The van der Waals surface area contributed by atoms with Crippen molar-refractivity contribution in [2.45, 2.75) is 11.3 Å². The summed E-state index contributed by atoms with van der Waals surface area (Å²) >= 11 is 8.00. The van der Waals surface area contributed by atoms with E-state index in [4.69, 9.17) is 17.4 Å². The number of thiophene rings is 1. The number of anilines is 1. The lowest BCUT2D eigenvalue weighted by Gasteiger charge is -2.14. The minimum Gasteiger partial charge on any atom is -0.335 e. The first-order valence-corrected chi connectivity index (χ1v) is 9.54. The molecule has 0 saturated carbocycles. The highest BCUT2D eigenvalue weighted by atomic mass is 35.5. The Bertz CT molecular complexity index is 959. The zero-order valence-electron chi connectivity index (χ0n) is 13.3. The van der Waals surface area contributed by atoms with Gasteiger partial charge in [-0.05, 0) is 29.6 Å². The molecule has 3 N–H and O–H groups in total. The van der Waals surface area contributed by atoms with Gasteiger partial charge in [-0.1, -0.05) is 29.4 Å². The van der Waals surface area contributed by atoms with E-state index in [1.165, 1.54) is 22.1 Å². The molecule has 12 heteroatoms. The lowest BCUT2D eigenvalue weighted by Crippen LogP contribution is -2.19. The fraction of sp³-hybridized carbons (Fsp3) is 0.133. The van der Waals surface area contributed by atoms with Gasteiger partial charge in [0.2, 0.25) is 11.1 Å². The van der Waals surface area contributed by atoms with Crippen LogP contribution in [0.5, 0.6) is 0 Å². The number of amides is 1. The number of nitrogens with one attached hydrogen (secondary N) is 1. The molecule has 0 aliphatic heterocycles. The van der Waals surface area contributed by atoms with Crippen LogP contribution in [-0.4, -0.2) is 26.5 Å². The molecule has 6 nitrogen and oxygen atoms in total. The summed E-state index contributed by atoms with van der Waals surface area (Å²) in [5, 5.41) is 12.1. The Kier molecular flexibility index (Phi) is 5.63. The molecule has 0 fully saturated rings. The van der Waals surface area contributed by atoms with Gasteiger partial charge in [0.1, 0.15) is 0 Å². The summed E-state index contributed by atoms with van der Waals surface area (Å²) in [5.41, 5.74) is -1.39. The molecule has 0 bridgehead atoms. The summed E-state index contributed by atoms with van der Waals surface area (Å²) in [6.07, 6.45) is -4.65. The number of hydrogen-bond acceptors (Lipinski definition) is 6. The van der Waals surface area contributed by atoms with E-state index in [9.17, 15) is 18.0 Å². The maximum Gasteiger partial charge on any atom is 0.418 e. The summed E-state index contributed by atoms with van der Waals surface area (Å²) < 4.78 is 40.4. The number of hydrogen-bond donors (Lipinski definition) is 2. The van der Waals surface area contributed by atoms with Gasteiger partial charge in [0, 0.05) is 5.02 Å². The summed E-state index contributed by atoms with van der Waals surface area (Å²) in [5.74, 6) is 5.51. The summed E-state index contributed by atoms with van der Waals surface area (Å²) in [4.78, 5) is 12.9. The van der Waals surface area contributed by atoms with Gasteiger partial charge >= 0.3 is 6.18 Å². The van der Waals surface area contributed by atoms with Crippen LogP contribution < -0.4 is 11.2 Å². The minimum atomic E-state index is -4.65. The first kappa shape index (κ1) is 19.5. The Labute approximate surface area is 164 Å². The Balaban J connectivity index is 1.68. The van der Waals surface area contributed by atoms with E-state index >= 15 is 0 Å². The highest BCUT2D eigenvalue weighted by molar-refractivity contribution is 7.99. The number of alkyl halides is 3. The van der Waals surface area contributed by atoms with E-state index < -0.39 is 17.6 Å². The molecule has 0 aliphatic carbocycles. The number of nitrogens with zero attached hydrogens (tertiary/aromatic N) is 3. The molecule has 0 atom stereocenters. The van der Waals surface area contributed by atoms with Gasteiger partial charge < -0.3 is 11.2 Å². The maximum absolute atomic E-state index is 13.1. The van der Waals surface area contributed by atoms with E-state index in [1.807, 2.05) is 17.5 Å². The van der Waals surface area contributed by atoms with Crippen molar-refractivity contribution in [2.75, 3.05) is 16.9 Å². The van der Waals surface area contributed by atoms with Gasteiger partial charge in [-0.2, -0.15) is 13.2 Å². The third-order valence-electron chi connectivity index (χ3n) is 3.30. The third kappa shape index (κ3) is 4.54. The van der Waals surface area contributed by atoms with Gasteiger partial charge in [-0.15, -0.1) is 21.5 Å². The van der Waals surface area contributed by atoms with Gasteiger partial charge in [-0.25, -0.2) is 4.68 Å². The number of nitrogens with two attached hydrogens (primary N) is 1. The van der Waals surface area contributed by atoms with E-state index in [0.29, 0.717) is 5.82 Å². The van der Waals surface area contributed by atoms with Crippen molar-refractivity contribution < 1.29 is 18.0 Å². The molecule has 0 spiro atoms. The van der Waals surface area contributed by atoms with Crippen molar-refractivity contribution in [2.24, 2.45) is 0 Å². The highest BCUT2D eigenvalue weighted by Crippen LogP contribution is 2.36. The van der Waals surface area contributed by atoms with Gasteiger partial charge in [0.15, 0.2) is 5.82 Å². The predicted molar refractivity (Wildman–Crippen MR) is 99.3 cm³/mol. The summed E-state index contributed by atoms with van der Waals surface area (Å²) in [6, 6.07) is 6.78. The second kappa shape index (κ2) is 7.79. The SMILES string of the molecule is Nn1c(SCC(=O)Nc2ccc(Cl)cc2C(F)(F)F)nnc1-c1cccs1. The van der Waals surface area contributed by atoms with Crippen molar-refractivity contribution in [1.82, 2.24) is 14.9 Å². The smallest absolute Gasteiger partial charge is 0.335 e. The van der Waals surface area contributed by atoms with Crippen molar-refractivity contribution >= 4 is 46.3 Å². The van der Waals surface area contributed by atoms with Crippen LogP contribution in [0.15, 0.2) is 40.9 Å². The molecule has 0 unspecified atom stereocenters. The van der Waals surface area contributed by atoms with E-state index in [1.54, 1.807) is 0 Å². The summed E-state index contributed by atoms with van der Waals surface area (Å²) in [6.45, 7) is 0. The first-order valence-electron chi connectivity index (χ1n) is 7.29. The van der Waals surface area contributed by atoms with Crippen molar-refractivity contribution in [3.63, 3.8) is 0 Å². The van der Waals surface area contributed by atoms with Gasteiger partial charge in [0.05, 0.1) is 21.9 Å². The average molecular weight is 434 g/mol. The molecule has 0 radical (unpaired) electrons. The van der Waals surface area contributed by atoms with Crippen LogP contribution in [-0.2, 0) is 11.0 Å². The largest absolute Gasteiger partial charge is 0.418 e. The fourth-order valence-corrected chi connectivity index (χ4v) is 3.66. The molecular weight excluding hydrogens is 423 g/mol. The monoisotopic (exact) mass is 433 g/mol. The van der Waals surface area contributed by atoms with Crippen LogP contribution >= 0.6 is 34.7 Å². The Morgan fingerprint density at radius 2 is 2.11 bits per heavy atom. The Morgan fingerprint density at radius 3 is 2.78 bits per heavy atom. The standard InChI is InChI=1S/C15H11ClF3N5OS2/c16-8-3-4-10(9(6-8)15(17,18)19)21-12(25)7-27-14-23-22-13(24(14)20)11-2-1-5-26-11/h1-6H,7,20H2,(H,21,25). The number of nitrogen functional groups attached to an aromatic ring is 1. The van der Waals surface area contributed by atoms with Crippen LogP contribution in [0.2, 0.25) is 5.02 Å². The topological polar surface area (TPSA) is 85.8 Å². The van der Waals surface area contributed by atoms with E-state index in [0.717, 1.165) is 28.8 Å². The Morgan fingerprint density at radius 1 is 1.33 bits per heavy atom. The molecular formula is C15H11ClF3N5OS2. The number of aromatic nitrogens is 3. The zero-order chi connectivity index (χ0) is 19.6. The van der Waals surface area contributed by atoms with Crippen molar-refractivity contribution in [3.05, 3.63) is 46.3 Å². The second-order valence-corrected chi connectivity index (χ2v) is 7.50. The number of carbonyl (C=O) groups excluding carboxylic acids is 1. The molecule has 2 aromatic heterocycles.